The van der Waals surface area contributed by atoms with Crippen LogP contribution in [0.1, 0.15) is 34.0 Å². The van der Waals surface area contributed by atoms with Gasteiger partial charge in [-0.3, -0.25) is 4.79 Å². The summed E-state index contributed by atoms with van der Waals surface area (Å²) in [6.45, 7) is 1.17. The Hall–Kier alpha value is -1.53. The third-order valence-corrected chi connectivity index (χ3v) is 2.41. The summed E-state index contributed by atoms with van der Waals surface area (Å²) in [7, 11) is 0. The molecule has 0 unspecified atom stereocenters. The van der Waals surface area contributed by atoms with Crippen molar-refractivity contribution in [2.24, 2.45) is 0 Å². The van der Waals surface area contributed by atoms with Crippen LogP contribution >= 0.6 is 0 Å². The van der Waals surface area contributed by atoms with E-state index < -0.39 is 41.0 Å². The highest BCUT2D eigenvalue weighted by atomic mass is 19.4. The van der Waals surface area contributed by atoms with Gasteiger partial charge in [-0.25, -0.2) is 0 Å². The predicted octanol–water partition coefficient (Wildman–Crippen LogP) is 4.10. The smallest absolute Gasteiger partial charge is 0.298 e. The topological polar surface area (TPSA) is 17.1 Å². The summed E-state index contributed by atoms with van der Waals surface area (Å²) in [6.07, 6.45) is -10.4. The molecule has 0 saturated carbocycles. The highest BCUT2D eigenvalue weighted by molar-refractivity contribution is 5.79. The third kappa shape index (κ3) is 2.65. The fourth-order valence-corrected chi connectivity index (χ4v) is 1.73. The Morgan fingerprint density at radius 1 is 1.06 bits per heavy atom. The van der Waals surface area contributed by atoms with Gasteiger partial charge in [0.1, 0.15) is 0 Å². The first kappa shape index (κ1) is 14.5. The monoisotopic (exact) mass is 270 g/mol. The van der Waals surface area contributed by atoms with Crippen molar-refractivity contribution in [3.63, 3.8) is 0 Å². The van der Waals surface area contributed by atoms with Crippen LogP contribution in [0.3, 0.4) is 0 Å². The second kappa shape index (κ2) is 4.62. The largest absolute Gasteiger partial charge is 0.417 e. The first-order chi connectivity index (χ1) is 8.12. The van der Waals surface area contributed by atoms with Crippen LogP contribution in [-0.2, 0) is 18.8 Å². The average Bonchev–Trinajstić information content (AvgIpc) is 2.24. The van der Waals surface area contributed by atoms with Crippen molar-refractivity contribution in [2.75, 3.05) is 0 Å². The molecule has 0 saturated heterocycles. The molecule has 7 heteroatoms. The molecular weight excluding hydrogens is 262 g/mol. The highest BCUT2D eigenvalue weighted by Gasteiger charge is 2.41. The van der Waals surface area contributed by atoms with E-state index in [0.717, 1.165) is 0 Å². The molecule has 1 nitrogen and oxygen atoms in total. The zero-order valence-electron chi connectivity index (χ0n) is 9.12. The molecule has 1 aromatic carbocycles. The van der Waals surface area contributed by atoms with Gasteiger partial charge in [-0.2, -0.15) is 26.3 Å². The summed E-state index contributed by atoms with van der Waals surface area (Å²) in [6, 6.07) is 1.04. The third-order valence-electron chi connectivity index (χ3n) is 2.41. The zero-order valence-corrected chi connectivity index (χ0v) is 9.12. The maximum Gasteiger partial charge on any atom is 0.417 e. The van der Waals surface area contributed by atoms with Crippen LogP contribution in [0.2, 0.25) is 0 Å². The molecule has 100 valence electrons. The van der Waals surface area contributed by atoms with E-state index in [0.29, 0.717) is 12.1 Å². The molecule has 0 spiro atoms. The molecular formula is C11H8F6O. The minimum Gasteiger partial charge on any atom is -0.298 e. The Morgan fingerprint density at radius 2 is 1.61 bits per heavy atom. The van der Waals surface area contributed by atoms with Crippen LogP contribution < -0.4 is 0 Å². The summed E-state index contributed by atoms with van der Waals surface area (Å²) in [5.74, 6) is 0. The van der Waals surface area contributed by atoms with Crippen molar-refractivity contribution >= 4 is 6.29 Å². The predicted molar refractivity (Wildman–Crippen MR) is 51.2 cm³/mol. The van der Waals surface area contributed by atoms with E-state index in [2.05, 4.69) is 0 Å². The van der Waals surface area contributed by atoms with E-state index in [1.807, 2.05) is 0 Å². The van der Waals surface area contributed by atoms with Crippen LogP contribution in [0.15, 0.2) is 12.1 Å². The van der Waals surface area contributed by atoms with E-state index in [1.165, 1.54) is 6.92 Å². The number of carbonyl (C=O) groups is 1. The summed E-state index contributed by atoms with van der Waals surface area (Å²) >= 11 is 0. The Morgan fingerprint density at radius 3 is 1.94 bits per heavy atom. The van der Waals surface area contributed by atoms with Crippen LogP contribution in [0, 0.1) is 0 Å². The van der Waals surface area contributed by atoms with Gasteiger partial charge in [0.25, 0.3) is 0 Å². The number of rotatable bonds is 2. The molecule has 1 rings (SSSR count). The summed E-state index contributed by atoms with van der Waals surface area (Å²) in [4.78, 5) is 10.5. The molecule has 0 heterocycles. The molecule has 0 amide bonds. The van der Waals surface area contributed by atoms with Crippen molar-refractivity contribution in [3.8, 4) is 0 Å². The molecule has 18 heavy (non-hydrogen) atoms. The quantitative estimate of drug-likeness (QED) is 0.584. The lowest BCUT2D eigenvalue weighted by Crippen LogP contribution is -2.18. The van der Waals surface area contributed by atoms with E-state index in [-0.39, 0.29) is 6.29 Å². The Kier molecular flexibility index (Phi) is 3.73. The number of hydrogen-bond donors (Lipinski definition) is 0. The van der Waals surface area contributed by atoms with Gasteiger partial charge in [0.15, 0.2) is 6.29 Å². The fraction of sp³-hybridized carbons (Fsp3) is 0.364. The number of halogens is 6. The standard InChI is InChI=1S/C11H8F6O/c1-2-7-8(10(12,13)14)4-3-6(5-18)9(7)11(15,16)17/h3-5H,2H2,1H3. The van der Waals surface area contributed by atoms with Gasteiger partial charge in [-0.05, 0) is 18.1 Å². The number of hydrogen-bond acceptors (Lipinski definition) is 1. The summed E-state index contributed by atoms with van der Waals surface area (Å²) in [5, 5.41) is 0. The minimum atomic E-state index is -5.00. The molecule has 0 aromatic heterocycles. The summed E-state index contributed by atoms with van der Waals surface area (Å²) < 4.78 is 75.9. The van der Waals surface area contributed by atoms with E-state index >= 15 is 0 Å². The maximum atomic E-state index is 12.7. The average molecular weight is 270 g/mol. The minimum absolute atomic E-state index is 0.0951. The second-order valence-corrected chi connectivity index (χ2v) is 3.52. The van der Waals surface area contributed by atoms with E-state index in [9.17, 15) is 31.1 Å². The van der Waals surface area contributed by atoms with Gasteiger partial charge < -0.3 is 0 Å². The normalized spacial score (nSPS) is 12.6. The van der Waals surface area contributed by atoms with Crippen LogP contribution in [0.25, 0.3) is 0 Å². The van der Waals surface area contributed by atoms with Crippen molar-refractivity contribution in [3.05, 3.63) is 34.4 Å². The van der Waals surface area contributed by atoms with Crippen LogP contribution in [-0.4, -0.2) is 6.29 Å². The number of alkyl halides is 6. The molecule has 0 aliphatic rings. The van der Waals surface area contributed by atoms with E-state index in [4.69, 9.17) is 0 Å². The Labute approximate surface area is 98.4 Å². The Bertz CT molecular complexity index is 458. The van der Waals surface area contributed by atoms with E-state index in [1.54, 1.807) is 0 Å². The molecule has 0 aliphatic heterocycles. The van der Waals surface area contributed by atoms with Gasteiger partial charge in [-0.1, -0.05) is 13.0 Å². The number of aldehydes is 1. The molecule has 0 aliphatic carbocycles. The van der Waals surface area contributed by atoms with Crippen molar-refractivity contribution in [1.29, 1.82) is 0 Å². The first-order valence-corrected chi connectivity index (χ1v) is 4.88. The first-order valence-electron chi connectivity index (χ1n) is 4.88. The van der Waals surface area contributed by atoms with Gasteiger partial charge >= 0.3 is 12.4 Å². The highest BCUT2D eigenvalue weighted by Crippen LogP contribution is 2.41. The number of carbonyl (C=O) groups excluding carboxylic acids is 1. The SMILES string of the molecule is CCc1c(C(F)(F)F)ccc(C=O)c1C(F)(F)F. The Balaban J connectivity index is 3.69. The summed E-state index contributed by atoms with van der Waals surface area (Å²) in [5.41, 5.74) is -4.55. The zero-order chi connectivity index (χ0) is 14.1. The van der Waals surface area contributed by atoms with Crippen LogP contribution in [0.4, 0.5) is 26.3 Å². The molecule has 0 N–H and O–H groups in total. The van der Waals surface area contributed by atoms with Crippen molar-refractivity contribution < 1.29 is 31.1 Å². The second-order valence-electron chi connectivity index (χ2n) is 3.52. The van der Waals surface area contributed by atoms with Gasteiger partial charge in [0.05, 0.1) is 11.1 Å². The molecule has 0 atom stereocenters. The maximum absolute atomic E-state index is 12.7. The molecule has 0 radical (unpaired) electrons. The van der Waals surface area contributed by atoms with Crippen molar-refractivity contribution in [2.45, 2.75) is 25.7 Å². The van der Waals surface area contributed by atoms with Gasteiger partial charge in [0.2, 0.25) is 0 Å². The van der Waals surface area contributed by atoms with Crippen LogP contribution in [0.5, 0.6) is 0 Å². The van der Waals surface area contributed by atoms with Gasteiger partial charge in [0, 0.05) is 5.56 Å². The lowest BCUT2D eigenvalue weighted by molar-refractivity contribution is -0.144. The number of benzene rings is 1. The van der Waals surface area contributed by atoms with Gasteiger partial charge in [-0.15, -0.1) is 0 Å². The molecule has 0 fully saturated rings. The van der Waals surface area contributed by atoms with Crippen molar-refractivity contribution in [1.82, 2.24) is 0 Å². The molecule has 0 bridgehead atoms. The molecule has 1 aromatic rings. The fourth-order valence-electron chi connectivity index (χ4n) is 1.73. The lowest BCUT2D eigenvalue weighted by atomic mass is 9.94. The lowest BCUT2D eigenvalue weighted by Gasteiger charge is -2.19.